The molecule has 0 aliphatic rings. The van der Waals surface area contributed by atoms with Crippen LogP contribution in [0.1, 0.15) is 36.4 Å². The molecule has 1 heterocycles. The highest BCUT2D eigenvalue weighted by atomic mass is 19.1. The zero-order valence-electron chi connectivity index (χ0n) is 13.3. The molecule has 1 aromatic heterocycles. The van der Waals surface area contributed by atoms with Gasteiger partial charge < -0.3 is 5.32 Å². The summed E-state index contributed by atoms with van der Waals surface area (Å²) < 4.78 is 13.7. The van der Waals surface area contributed by atoms with Crippen molar-refractivity contribution in [1.82, 2.24) is 15.3 Å². The fourth-order valence-corrected chi connectivity index (χ4v) is 2.16. The number of hydrogen-bond donors (Lipinski definition) is 1. The molecule has 2 rings (SSSR count). The summed E-state index contributed by atoms with van der Waals surface area (Å²) in [5, 5.41) is 3.38. The lowest BCUT2D eigenvalue weighted by molar-refractivity contribution is 0.583. The Morgan fingerprint density at radius 2 is 1.71 bits per heavy atom. The molecule has 1 aromatic carbocycles. The summed E-state index contributed by atoms with van der Waals surface area (Å²) in [6, 6.07) is 5.52. The van der Waals surface area contributed by atoms with Gasteiger partial charge in [0.2, 0.25) is 0 Å². The van der Waals surface area contributed by atoms with Crippen molar-refractivity contribution in [2.45, 2.75) is 47.2 Å². The molecule has 0 fully saturated rings. The maximum atomic E-state index is 13.7. The van der Waals surface area contributed by atoms with Crippen LogP contribution in [0, 0.1) is 26.6 Å². The monoisotopic (exact) mass is 287 g/mol. The van der Waals surface area contributed by atoms with Crippen molar-refractivity contribution in [2.24, 2.45) is 0 Å². The van der Waals surface area contributed by atoms with Gasteiger partial charge in [0.25, 0.3) is 0 Å². The first kappa shape index (κ1) is 15.6. The lowest BCUT2D eigenvalue weighted by atomic mass is 10.1. The van der Waals surface area contributed by atoms with Crippen LogP contribution in [-0.4, -0.2) is 16.0 Å². The molecule has 0 saturated carbocycles. The molecule has 0 aliphatic carbocycles. The maximum Gasteiger partial charge on any atom is 0.159 e. The lowest BCUT2D eigenvalue weighted by Crippen LogP contribution is -2.23. The smallest absolute Gasteiger partial charge is 0.159 e. The molecule has 3 nitrogen and oxygen atoms in total. The molecule has 0 aliphatic heterocycles. The van der Waals surface area contributed by atoms with E-state index in [1.807, 2.05) is 19.9 Å². The number of nitrogens with zero attached hydrogens (tertiary/aromatic N) is 2. The fourth-order valence-electron chi connectivity index (χ4n) is 2.16. The van der Waals surface area contributed by atoms with E-state index in [0.717, 1.165) is 23.5 Å². The number of rotatable bonds is 4. The molecule has 0 amide bonds. The summed E-state index contributed by atoms with van der Waals surface area (Å²) in [5.74, 6) is 0.356. The minimum atomic E-state index is -0.225. The minimum Gasteiger partial charge on any atom is -0.310 e. The summed E-state index contributed by atoms with van der Waals surface area (Å²) in [4.78, 5) is 9.07. The van der Waals surface area contributed by atoms with Gasteiger partial charge in [0.1, 0.15) is 5.82 Å². The van der Waals surface area contributed by atoms with Crippen molar-refractivity contribution in [2.75, 3.05) is 0 Å². The van der Waals surface area contributed by atoms with Crippen LogP contribution in [0.15, 0.2) is 18.2 Å². The Labute approximate surface area is 125 Å². The average molecular weight is 287 g/mol. The predicted octanol–water partition coefficient (Wildman–Crippen LogP) is 3.71. The lowest BCUT2D eigenvalue weighted by Gasteiger charge is -2.13. The summed E-state index contributed by atoms with van der Waals surface area (Å²) in [6.45, 7) is 10.7. The summed E-state index contributed by atoms with van der Waals surface area (Å²) in [5.41, 5.74) is 4.33. The predicted molar refractivity (Wildman–Crippen MR) is 83.6 cm³/mol. The molecular weight excluding hydrogens is 265 g/mol. The highest BCUT2D eigenvalue weighted by molar-refractivity contribution is 5.56. The topological polar surface area (TPSA) is 37.8 Å². The van der Waals surface area contributed by atoms with Gasteiger partial charge in [-0.15, -0.1) is 0 Å². The standard InChI is InChI=1S/C17H22FN3/c1-10(2)19-9-15-12(4)20-17(21-13(15)5)14-7-6-11(3)16(18)8-14/h6-8,10,19H,9H2,1-5H3. The van der Waals surface area contributed by atoms with E-state index >= 15 is 0 Å². The third-order valence-electron chi connectivity index (χ3n) is 3.54. The van der Waals surface area contributed by atoms with E-state index in [9.17, 15) is 4.39 Å². The quantitative estimate of drug-likeness (QED) is 0.931. The Kier molecular flexibility index (Phi) is 4.68. The van der Waals surface area contributed by atoms with E-state index in [1.165, 1.54) is 6.07 Å². The van der Waals surface area contributed by atoms with Crippen LogP contribution in [0.5, 0.6) is 0 Å². The zero-order chi connectivity index (χ0) is 15.6. The van der Waals surface area contributed by atoms with Crippen molar-refractivity contribution in [1.29, 1.82) is 0 Å². The Morgan fingerprint density at radius 3 is 2.24 bits per heavy atom. The van der Waals surface area contributed by atoms with Crippen LogP contribution < -0.4 is 5.32 Å². The van der Waals surface area contributed by atoms with Crippen LogP contribution in [-0.2, 0) is 6.54 Å². The highest BCUT2D eigenvalue weighted by Crippen LogP contribution is 2.21. The van der Waals surface area contributed by atoms with E-state index in [1.54, 1.807) is 13.0 Å². The number of aromatic nitrogens is 2. The van der Waals surface area contributed by atoms with E-state index in [0.29, 0.717) is 23.0 Å². The number of aryl methyl sites for hydroxylation is 3. The normalized spacial score (nSPS) is 11.2. The largest absolute Gasteiger partial charge is 0.310 e. The Balaban J connectivity index is 2.36. The minimum absolute atomic E-state index is 0.225. The molecule has 21 heavy (non-hydrogen) atoms. The average Bonchev–Trinajstić information content (AvgIpc) is 2.40. The maximum absolute atomic E-state index is 13.7. The van der Waals surface area contributed by atoms with Crippen LogP contribution in [0.4, 0.5) is 4.39 Å². The highest BCUT2D eigenvalue weighted by Gasteiger charge is 2.11. The van der Waals surface area contributed by atoms with E-state index < -0.39 is 0 Å². The van der Waals surface area contributed by atoms with Gasteiger partial charge in [-0.1, -0.05) is 26.0 Å². The van der Waals surface area contributed by atoms with Crippen molar-refractivity contribution >= 4 is 0 Å². The van der Waals surface area contributed by atoms with Gasteiger partial charge in [0, 0.05) is 35.1 Å². The van der Waals surface area contributed by atoms with Gasteiger partial charge in [-0.05, 0) is 32.4 Å². The molecule has 4 heteroatoms. The first-order valence-electron chi connectivity index (χ1n) is 7.22. The third-order valence-corrected chi connectivity index (χ3v) is 3.54. The molecule has 0 bridgehead atoms. The molecule has 0 atom stereocenters. The van der Waals surface area contributed by atoms with Crippen molar-refractivity contribution in [3.63, 3.8) is 0 Å². The summed E-state index contributed by atoms with van der Waals surface area (Å²) in [7, 11) is 0. The molecule has 0 spiro atoms. The van der Waals surface area contributed by atoms with Gasteiger partial charge in [0.15, 0.2) is 5.82 Å². The third kappa shape index (κ3) is 3.64. The second-order valence-corrected chi connectivity index (χ2v) is 5.70. The Bertz CT molecular complexity index is 627. The molecule has 112 valence electrons. The Morgan fingerprint density at radius 1 is 1.10 bits per heavy atom. The summed E-state index contributed by atoms with van der Waals surface area (Å²) in [6.07, 6.45) is 0. The number of nitrogens with one attached hydrogen (secondary N) is 1. The van der Waals surface area contributed by atoms with Gasteiger partial charge in [-0.25, -0.2) is 14.4 Å². The first-order valence-corrected chi connectivity index (χ1v) is 7.22. The molecule has 1 N–H and O–H groups in total. The van der Waals surface area contributed by atoms with Crippen molar-refractivity contribution in [3.05, 3.63) is 46.5 Å². The first-order chi connectivity index (χ1) is 9.88. The van der Waals surface area contributed by atoms with E-state index in [-0.39, 0.29) is 5.82 Å². The van der Waals surface area contributed by atoms with Crippen LogP contribution in [0.25, 0.3) is 11.4 Å². The molecule has 0 unspecified atom stereocenters. The second kappa shape index (κ2) is 6.31. The van der Waals surface area contributed by atoms with Gasteiger partial charge >= 0.3 is 0 Å². The van der Waals surface area contributed by atoms with E-state index in [2.05, 4.69) is 29.1 Å². The molecule has 0 saturated heterocycles. The van der Waals surface area contributed by atoms with Crippen molar-refractivity contribution in [3.8, 4) is 11.4 Å². The van der Waals surface area contributed by atoms with Gasteiger partial charge in [-0.3, -0.25) is 0 Å². The molecule has 2 aromatic rings. The second-order valence-electron chi connectivity index (χ2n) is 5.70. The SMILES string of the molecule is Cc1ccc(-c2nc(C)c(CNC(C)C)c(C)n2)cc1F. The van der Waals surface area contributed by atoms with Crippen LogP contribution in [0.2, 0.25) is 0 Å². The van der Waals surface area contributed by atoms with Crippen LogP contribution in [0.3, 0.4) is 0 Å². The molecular formula is C17H22FN3. The van der Waals surface area contributed by atoms with Gasteiger partial charge in [0.05, 0.1) is 0 Å². The van der Waals surface area contributed by atoms with Crippen LogP contribution >= 0.6 is 0 Å². The zero-order valence-corrected chi connectivity index (χ0v) is 13.3. The van der Waals surface area contributed by atoms with Gasteiger partial charge in [-0.2, -0.15) is 0 Å². The Hall–Kier alpha value is -1.81. The number of benzene rings is 1. The number of halogens is 1. The number of hydrogen-bond acceptors (Lipinski definition) is 3. The summed E-state index contributed by atoms with van der Waals surface area (Å²) >= 11 is 0. The van der Waals surface area contributed by atoms with Crippen molar-refractivity contribution < 1.29 is 4.39 Å². The fraction of sp³-hybridized carbons (Fsp3) is 0.412. The van der Waals surface area contributed by atoms with E-state index in [4.69, 9.17) is 0 Å². The molecule has 0 radical (unpaired) electrons.